The summed E-state index contributed by atoms with van der Waals surface area (Å²) in [5, 5.41) is 5.66. The molecule has 0 radical (unpaired) electrons. The fraction of sp³-hybridized carbons (Fsp3) is 0.259. The lowest BCUT2D eigenvalue weighted by Gasteiger charge is -2.36. The average Bonchev–Trinajstić information content (AvgIpc) is 2.90. The van der Waals surface area contributed by atoms with Crippen LogP contribution in [-0.2, 0) is 4.79 Å². The van der Waals surface area contributed by atoms with Crippen molar-refractivity contribution in [3.05, 3.63) is 89.7 Å². The Morgan fingerprint density at radius 3 is 2.29 bits per heavy atom. The van der Waals surface area contributed by atoms with Gasteiger partial charge in [0.05, 0.1) is 11.3 Å². The standard InChI is InChI=1S/C27H29N5O3/c1-20-6-5-9-23(25(20)30-26(34)21-10-13-28-14-11-21)27(35)29-15-12-24(33)32-18-16-31(17-19-32)22-7-3-2-4-8-22/h2-11,13-14H,12,15-19H2,1H3,(H,29,35)(H,30,34). The number of carbonyl (C=O) groups excluding carboxylic acids is 3. The van der Waals surface area contributed by atoms with Crippen molar-refractivity contribution in [1.82, 2.24) is 15.2 Å². The van der Waals surface area contributed by atoms with Gasteiger partial charge in [-0.05, 0) is 42.8 Å². The van der Waals surface area contributed by atoms with Crippen molar-refractivity contribution in [1.29, 1.82) is 0 Å². The van der Waals surface area contributed by atoms with Gasteiger partial charge in [0.15, 0.2) is 0 Å². The van der Waals surface area contributed by atoms with E-state index in [4.69, 9.17) is 0 Å². The summed E-state index contributed by atoms with van der Waals surface area (Å²) in [5.74, 6) is -0.630. The predicted octanol–water partition coefficient (Wildman–Crippen LogP) is 3.11. The quantitative estimate of drug-likeness (QED) is 0.552. The second-order valence-electron chi connectivity index (χ2n) is 8.40. The van der Waals surface area contributed by atoms with Gasteiger partial charge in [-0.3, -0.25) is 19.4 Å². The first kappa shape index (κ1) is 23.9. The lowest BCUT2D eigenvalue weighted by atomic mass is 10.1. The van der Waals surface area contributed by atoms with Crippen LogP contribution in [0.4, 0.5) is 11.4 Å². The third-order valence-corrected chi connectivity index (χ3v) is 6.08. The number of para-hydroxylation sites is 2. The van der Waals surface area contributed by atoms with Crippen molar-refractivity contribution < 1.29 is 14.4 Å². The van der Waals surface area contributed by atoms with E-state index in [1.165, 1.54) is 0 Å². The van der Waals surface area contributed by atoms with Crippen LogP contribution in [0.15, 0.2) is 73.1 Å². The van der Waals surface area contributed by atoms with Crippen molar-refractivity contribution in [3.63, 3.8) is 0 Å². The molecule has 2 N–H and O–H groups in total. The molecule has 4 rings (SSSR count). The van der Waals surface area contributed by atoms with Crippen LogP contribution in [0.2, 0.25) is 0 Å². The van der Waals surface area contributed by atoms with Gasteiger partial charge in [-0.15, -0.1) is 0 Å². The van der Waals surface area contributed by atoms with E-state index in [0.29, 0.717) is 29.9 Å². The van der Waals surface area contributed by atoms with Gasteiger partial charge in [-0.2, -0.15) is 0 Å². The lowest BCUT2D eigenvalue weighted by Crippen LogP contribution is -2.49. The third kappa shape index (κ3) is 6.03. The molecule has 0 spiro atoms. The second-order valence-corrected chi connectivity index (χ2v) is 8.40. The minimum absolute atomic E-state index is 0.0217. The Labute approximate surface area is 205 Å². The second kappa shape index (κ2) is 11.3. The van der Waals surface area contributed by atoms with E-state index in [1.807, 2.05) is 36.1 Å². The van der Waals surface area contributed by atoms with Crippen molar-refractivity contribution in [2.75, 3.05) is 42.9 Å². The summed E-state index contributed by atoms with van der Waals surface area (Å²) in [6.45, 7) is 4.94. The topological polar surface area (TPSA) is 94.6 Å². The van der Waals surface area contributed by atoms with Crippen LogP contribution >= 0.6 is 0 Å². The lowest BCUT2D eigenvalue weighted by molar-refractivity contribution is -0.131. The number of pyridine rings is 1. The molecule has 2 heterocycles. The number of rotatable bonds is 7. The smallest absolute Gasteiger partial charge is 0.255 e. The first-order chi connectivity index (χ1) is 17.0. The molecule has 0 aliphatic carbocycles. The number of hydrogen-bond acceptors (Lipinski definition) is 5. The minimum atomic E-state index is -0.333. The predicted molar refractivity (Wildman–Crippen MR) is 136 cm³/mol. The first-order valence-corrected chi connectivity index (χ1v) is 11.7. The summed E-state index contributed by atoms with van der Waals surface area (Å²) in [4.78, 5) is 46.2. The number of nitrogens with zero attached hydrogens (tertiary/aromatic N) is 3. The molecular weight excluding hydrogens is 442 g/mol. The van der Waals surface area contributed by atoms with Gasteiger partial charge in [0.25, 0.3) is 11.8 Å². The number of aryl methyl sites for hydroxylation is 1. The molecule has 1 saturated heterocycles. The Kier molecular flexibility index (Phi) is 7.72. The Hall–Kier alpha value is -4.20. The molecule has 0 bridgehead atoms. The van der Waals surface area contributed by atoms with Crippen LogP contribution < -0.4 is 15.5 Å². The molecule has 1 aliphatic heterocycles. The minimum Gasteiger partial charge on any atom is -0.368 e. The zero-order chi connectivity index (χ0) is 24.6. The number of piperazine rings is 1. The van der Waals surface area contributed by atoms with E-state index in [-0.39, 0.29) is 30.7 Å². The maximum atomic E-state index is 12.9. The normalized spacial score (nSPS) is 13.3. The van der Waals surface area contributed by atoms with Crippen molar-refractivity contribution in [2.24, 2.45) is 0 Å². The molecule has 1 fully saturated rings. The zero-order valence-electron chi connectivity index (χ0n) is 19.7. The molecule has 0 unspecified atom stereocenters. The molecule has 8 nitrogen and oxygen atoms in total. The maximum Gasteiger partial charge on any atom is 0.255 e. The van der Waals surface area contributed by atoms with E-state index < -0.39 is 0 Å². The van der Waals surface area contributed by atoms with Crippen LogP contribution in [-0.4, -0.2) is 60.3 Å². The Morgan fingerprint density at radius 2 is 1.57 bits per heavy atom. The third-order valence-electron chi connectivity index (χ3n) is 6.08. The highest BCUT2D eigenvalue weighted by Gasteiger charge is 2.22. The van der Waals surface area contributed by atoms with E-state index in [9.17, 15) is 14.4 Å². The maximum absolute atomic E-state index is 12.9. The molecule has 0 atom stereocenters. The number of carbonyl (C=O) groups is 3. The van der Waals surface area contributed by atoms with Crippen LogP contribution in [0.1, 0.15) is 32.7 Å². The largest absolute Gasteiger partial charge is 0.368 e. The number of anilines is 2. The van der Waals surface area contributed by atoms with E-state index in [1.54, 1.807) is 36.7 Å². The van der Waals surface area contributed by atoms with Gasteiger partial charge >= 0.3 is 0 Å². The summed E-state index contributed by atoms with van der Waals surface area (Å²) >= 11 is 0. The van der Waals surface area contributed by atoms with Gasteiger partial charge < -0.3 is 20.4 Å². The highest BCUT2D eigenvalue weighted by Crippen LogP contribution is 2.22. The fourth-order valence-electron chi connectivity index (χ4n) is 4.10. The van der Waals surface area contributed by atoms with E-state index >= 15 is 0 Å². The Morgan fingerprint density at radius 1 is 0.857 bits per heavy atom. The van der Waals surface area contributed by atoms with Crippen molar-refractivity contribution in [2.45, 2.75) is 13.3 Å². The summed E-state index contributed by atoms with van der Waals surface area (Å²) < 4.78 is 0. The van der Waals surface area contributed by atoms with Crippen molar-refractivity contribution in [3.8, 4) is 0 Å². The number of benzene rings is 2. The molecule has 3 amide bonds. The summed E-state index contributed by atoms with van der Waals surface area (Å²) in [5.41, 5.74) is 3.20. The van der Waals surface area contributed by atoms with E-state index in [2.05, 4.69) is 32.7 Å². The molecule has 2 aromatic carbocycles. The molecule has 1 aliphatic rings. The molecule has 3 aromatic rings. The number of hydrogen-bond donors (Lipinski definition) is 2. The number of amides is 3. The molecule has 180 valence electrons. The average molecular weight is 472 g/mol. The molecular formula is C27H29N5O3. The molecule has 8 heteroatoms. The SMILES string of the molecule is Cc1cccc(C(=O)NCCC(=O)N2CCN(c3ccccc3)CC2)c1NC(=O)c1ccncc1. The van der Waals surface area contributed by atoms with Gasteiger partial charge in [0, 0.05) is 62.8 Å². The monoisotopic (exact) mass is 471 g/mol. The van der Waals surface area contributed by atoms with E-state index in [0.717, 1.165) is 24.3 Å². The molecule has 35 heavy (non-hydrogen) atoms. The summed E-state index contributed by atoms with van der Waals surface area (Å²) in [7, 11) is 0. The molecule has 1 aromatic heterocycles. The van der Waals surface area contributed by atoms with Crippen molar-refractivity contribution >= 4 is 29.1 Å². The van der Waals surface area contributed by atoms with Crippen LogP contribution in [0.25, 0.3) is 0 Å². The van der Waals surface area contributed by atoms with Gasteiger partial charge in [-0.25, -0.2) is 0 Å². The number of aromatic nitrogens is 1. The Balaban J connectivity index is 1.29. The summed E-state index contributed by atoms with van der Waals surface area (Å²) in [6.07, 6.45) is 3.31. The van der Waals surface area contributed by atoms with Crippen LogP contribution in [0.5, 0.6) is 0 Å². The number of nitrogens with one attached hydrogen (secondary N) is 2. The van der Waals surface area contributed by atoms with Gasteiger partial charge in [-0.1, -0.05) is 30.3 Å². The fourth-order valence-corrected chi connectivity index (χ4v) is 4.10. The Bertz CT molecular complexity index is 1180. The van der Waals surface area contributed by atoms with Crippen LogP contribution in [0.3, 0.4) is 0 Å². The zero-order valence-corrected chi connectivity index (χ0v) is 19.7. The molecule has 0 saturated carbocycles. The van der Waals surface area contributed by atoms with Gasteiger partial charge in [0.2, 0.25) is 5.91 Å². The highest BCUT2D eigenvalue weighted by atomic mass is 16.2. The highest BCUT2D eigenvalue weighted by molar-refractivity contribution is 6.09. The first-order valence-electron chi connectivity index (χ1n) is 11.7. The summed E-state index contributed by atoms with van der Waals surface area (Å²) in [6, 6.07) is 18.7. The van der Waals surface area contributed by atoms with Crippen LogP contribution in [0, 0.1) is 6.92 Å². The van der Waals surface area contributed by atoms with Gasteiger partial charge in [0.1, 0.15) is 0 Å².